The molecule has 0 amide bonds. The van der Waals surface area contributed by atoms with Crippen LogP contribution in [0, 0.1) is 6.92 Å². The van der Waals surface area contributed by atoms with Gasteiger partial charge in [-0.05, 0) is 26.5 Å². The first-order valence-corrected chi connectivity index (χ1v) is 5.10. The lowest BCUT2D eigenvalue weighted by Crippen LogP contribution is -2.19. The number of likely N-dealkylation sites (N-methyl/N-ethyl adjacent to an activating group) is 1. The third-order valence-electron chi connectivity index (χ3n) is 2.17. The normalized spacial score (nSPS) is 12.8. The highest BCUT2D eigenvalue weighted by molar-refractivity contribution is 5.24. The quantitative estimate of drug-likeness (QED) is 0.774. The molecule has 0 aliphatic rings. The smallest absolute Gasteiger partial charge is 0.0949 e. The minimum atomic E-state index is 0.171. The highest BCUT2D eigenvalue weighted by Gasteiger charge is 2.09. The summed E-state index contributed by atoms with van der Waals surface area (Å²) in [6.07, 6.45) is 0.171. The van der Waals surface area contributed by atoms with E-state index in [4.69, 9.17) is 4.74 Å². The Kier molecular flexibility index (Phi) is 4.63. The van der Waals surface area contributed by atoms with Crippen LogP contribution in [-0.2, 0) is 4.74 Å². The molecule has 1 atom stereocenters. The molecule has 0 aliphatic carbocycles. The van der Waals surface area contributed by atoms with E-state index in [1.807, 2.05) is 14.0 Å². The van der Waals surface area contributed by atoms with Gasteiger partial charge in [0.25, 0.3) is 0 Å². The molecular formula is C12H19NO. The van der Waals surface area contributed by atoms with Crippen molar-refractivity contribution in [1.29, 1.82) is 0 Å². The molecule has 0 aliphatic heterocycles. The molecule has 0 spiro atoms. The Morgan fingerprint density at radius 2 is 2.21 bits per heavy atom. The molecule has 0 saturated heterocycles. The molecule has 0 fully saturated rings. The fraction of sp³-hybridized carbons (Fsp3) is 0.500. The number of aryl methyl sites for hydroxylation is 1. The van der Waals surface area contributed by atoms with E-state index in [0.717, 1.165) is 13.2 Å². The first-order chi connectivity index (χ1) is 6.77. The van der Waals surface area contributed by atoms with Crippen LogP contribution in [0.3, 0.4) is 0 Å². The van der Waals surface area contributed by atoms with Gasteiger partial charge < -0.3 is 10.1 Å². The zero-order valence-electron chi connectivity index (χ0n) is 9.21. The van der Waals surface area contributed by atoms with Gasteiger partial charge in [-0.2, -0.15) is 0 Å². The molecule has 78 valence electrons. The van der Waals surface area contributed by atoms with Crippen LogP contribution in [-0.4, -0.2) is 20.2 Å². The Labute approximate surface area is 86.3 Å². The number of nitrogens with one attached hydrogen (secondary N) is 1. The minimum Gasteiger partial charge on any atom is -0.372 e. The summed E-state index contributed by atoms with van der Waals surface area (Å²) in [7, 11) is 1.95. The number of hydrogen-bond acceptors (Lipinski definition) is 2. The van der Waals surface area contributed by atoms with E-state index in [1.165, 1.54) is 11.1 Å². The van der Waals surface area contributed by atoms with E-state index in [2.05, 4.69) is 36.5 Å². The van der Waals surface area contributed by atoms with Gasteiger partial charge in [0.15, 0.2) is 0 Å². The molecule has 1 aromatic carbocycles. The molecule has 0 aromatic heterocycles. The van der Waals surface area contributed by atoms with E-state index in [-0.39, 0.29) is 6.10 Å². The van der Waals surface area contributed by atoms with Crippen molar-refractivity contribution in [1.82, 2.24) is 5.32 Å². The number of rotatable bonds is 5. The van der Waals surface area contributed by atoms with Crippen LogP contribution in [0.1, 0.15) is 24.2 Å². The molecule has 1 aromatic rings. The van der Waals surface area contributed by atoms with E-state index in [1.54, 1.807) is 0 Å². The van der Waals surface area contributed by atoms with Gasteiger partial charge in [-0.15, -0.1) is 0 Å². The summed E-state index contributed by atoms with van der Waals surface area (Å²) in [6.45, 7) is 5.74. The lowest BCUT2D eigenvalue weighted by molar-refractivity contribution is 0.0637. The van der Waals surface area contributed by atoms with Crippen molar-refractivity contribution in [2.24, 2.45) is 0 Å². The second kappa shape index (κ2) is 5.78. The van der Waals surface area contributed by atoms with Crippen LogP contribution in [0.4, 0.5) is 0 Å². The second-order valence-electron chi connectivity index (χ2n) is 3.42. The van der Waals surface area contributed by atoms with Gasteiger partial charge in [0.05, 0.1) is 6.10 Å². The third kappa shape index (κ3) is 3.13. The zero-order chi connectivity index (χ0) is 10.4. The first kappa shape index (κ1) is 11.2. The fourth-order valence-corrected chi connectivity index (χ4v) is 1.53. The predicted octanol–water partition coefficient (Wildman–Crippen LogP) is 2.29. The topological polar surface area (TPSA) is 21.3 Å². The summed E-state index contributed by atoms with van der Waals surface area (Å²) in [5.74, 6) is 0. The van der Waals surface area contributed by atoms with Crippen molar-refractivity contribution in [3.05, 3.63) is 35.4 Å². The van der Waals surface area contributed by atoms with Gasteiger partial charge in [-0.3, -0.25) is 0 Å². The van der Waals surface area contributed by atoms with Crippen molar-refractivity contribution in [3.63, 3.8) is 0 Å². The van der Waals surface area contributed by atoms with Gasteiger partial charge in [-0.25, -0.2) is 0 Å². The molecule has 0 saturated carbocycles. The van der Waals surface area contributed by atoms with Crippen molar-refractivity contribution < 1.29 is 4.74 Å². The van der Waals surface area contributed by atoms with Crippen molar-refractivity contribution in [2.45, 2.75) is 20.0 Å². The van der Waals surface area contributed by atoms with E-state index < -0.39 is 0 Å². The van der Waals surface area contributed by atoms with E-state index in [0.29, 0.717) is 0 Å². The number of benzene rings is 1. The molecule has 1 unspecified atom stereocenters. The average molecular weight is 193 g/mol. The monoisotopic (exact) mass is 193 g/mol. The molecule has 2 nitrogen and oxygen atoms in total. The van der Waals surface area contributed by atoms with Crippen molar-refractivity contribution >= 4 is 0 Å². The Morgan fingerprint density at radius 3 is 2.79 bits per heavy atom. The van der Waals surface area contributed by atoms with Crippen LogP contribution >= 0.6 is 0 Å². The Hall–Kier alpha value is -0.860. The minimum absolute atomic E-state index is 0.171. The Morgan fingerprint density at radius 1 is 1.43 bits per heavy atom. The largest absolute Gasteiger partial charge is 0.372 e. The Bertz CT molecular complexity index is 267. The zero-order valence-corrected chi connectivity index (χ0v) is 9.21. The molecule has 0 heterocycles. The molecule has 2 heteroatoms. The van der Waals surface area contributed by atoms with Crippen molar-refractivity contribution in [3.8, 4) is 0 Å². The summed E-state index contributed by atoms with van der Waals surface area (Å²) in [5.41, 5.74) is 2.53. The highest BCUT2D eigenvalue weighted by Crippen LogP contribution is 2.17. The van der Waals surface area contributed by atoms with Gasteiger partial charge in [0, 0.05) is 13.2 Å². The van der Waals surface area contributed by atoms with E-state index in [9.17, 15) is 0 Å². The second-order valence-corrected chi connectivity index (χ2v) is 3.42. The predicted molar refractivity (Wildman–Crippen MR) is 59.5 cm³/mol. The molecule has 0 bridgehead atoms. The van der Waals surface area contributed by atoms with Crippen LogP contribution in [0.15, 0.2) is 24.3 Å². The van der Waals surface area contributed by atoms with Crippen LogP contribution in [0.5, 0.6) is 0 Å². The van der Waals surface area contributed by atoms with Crippen LogP contribution in [0.2, 0.25) is 0 Å². The summed E-state index contributed by atoms with van der Waals surface area (Å²) in [6, 6.07) is 8.47. The number of hydrogen-bond donors (Lipinski definition) is 1. The molecule has 0 radical (unpaired) electrons. The maximum absolute atomic E-state index is 5.66. The highest BCUT2D eigenvalue weighted by atomic mass is 16.5. The molecule has 14 heavy (non-hydrogen) atoms. The standard InChI is InChI=1S/C12H19NO/c1-4-14-12(9-13-3)11-7-5-6-10(2)8-11/h5-8,12-13H,4,9H2,1-3H3. The van der Waals surface area contributed by atoms with Gasteiger partial charge >= 0.3 is 0 Å². The molecule has 1 rings (SSSR count). The van der Waals surface area contributed by atoms with Crippen LogP contribution < -0.4 is 5.32 Å². The number of ether oxygens (including phenoxy) is 1. The lowest BCUT2D eigenvalue weighted by atomic mass is 10.1. The lowest BCUT2D eigenvalue weighted by Gasteiger charge is -2.17. The Balaban J connectivity index is 2.75. The van der Waals surface area contributed by atoms with Crippen LogP contribution in [0.25, 0.3) is 0 Å². The summed E-state index contributed by atoms with van der Waals surface area (Å²) < 4.78 is 5.66. The van der Waals surface area contributed by atoms with E-state index >= 15 is 0 Å². The van der Waals surface area contributed by atoms with Gasteiger partial charge in [0.2, 0.25) is 0 Å². The fourth-order valence-electron chi connectivity index (χ4n) is 1.53. The third-order valence-corrected chi connectivity index (χ3v) is 2.17. The summed E-state index contributed by atoms with van der Waals surface area (Å²) in [4.78, 5) is 0. The van der Waals surface area contributed by atoms with Gasteiger partial charge in [0.1, 0.15) is 0 Å². The maximum Gasteiger partial charge on any atom is 0.0949 e. The molecule has 1 N–H and O–H groups in total. The average Bonchev–Trinajstić information content (AvgIpc) is 2.17. The summed E-state index contributed by atoms with van der Waals surface area (Å²) in [5, 5.41) is 3.15. The van der Waals surface area contributed by atoms with Gasteiger partial charge in [-0.1, -0.05) is 29.8 Å². The van der Waals surface area contributed by atoms with Crippen molar-refractivity contribution in [2.75, 3.05) is 20.2 Å². The summed E-state index contributed by atoms with van der Waals surface area (Å²) >= 11 is 0. The molecular weight excluding hydrogens is 174 g/mol. The first-order valence-electron chi connectivity index (χ1n) is 5.10. The maximum atomic E-state index is 5.66. The SMILES string of the molecule is CCOC(CNC)c1cccc(C)c1.